The molecule has 0 aliphatic carbocycles. The first-order valence-corrected chi connectivity index (χ1v) is 9.05. The molecule has 7 heteroatoms. The fourth-order valence-electron chi connectivity index (χ4n) is 3.77. The average molecular weight is 346 g/mol. The minimum absolute atomic E-state index is 0.0575. The highest BCUT2D eigenvalue weighted by molar-refractivity contribution is 5.82. The van der Waals surface area contributed by atoms with E-state index in [0.29, 0.717) is 18.2 Å². The predicted molar refractivity (Wildman–Crippen MR) is 96.8 cm³/mol. The van der Waals surface area contributed by atoms with E-state index in [-0.39, 0.29) is 22.6 Å². The molecule has 136 valence electrons. The van der Waals surface area contributed by atoms with E-state index < -0.39 is 0 Å². The molecule has 2 N–H and O–H groups in total. The van der Waals surface area contributed by atoms with Crippen LogP contribution < -0.4 is 15.5 Å². The number of nitro groups is 1. The van der Waals surface area contributed by atoms with E-state index in [9.17, 15) is 14.9 Å². The number of carbonyl (C=O) groups excluding carboxylic acids is 1. The van der Waals surface area contributed by atoms with Gasteiger partial charge in [-0.3, -0.25) is 14.9 Å². The molecule has 0 aromatic heterocycles. The van der Waals surface area contributed by atoms with Crippen LogP contribution in [0, 0.1) is 23.0 Å². The molecule has 2 unspecified atom stereocenters. The molecule has 0 saturated carbocycles. The molecule has 25 heavy (non-hydrogen) atoms. The normalized spacial score (nSPS) is 23.5. The summed E-state index contributed by atoms with van der Waals surface area (Å²) in [6.45, 7) is 4.96. The third-order valence-corrected chi connectivity index (χ3v) is 5.13. The van der Waals surface area contributed by atoms with Crippen molar-refractivity contribution < 1.29 is 9.72 Å². The Labute approximate surface area is 147 Å². The van der Waals surface area contributed by atoms with Crippen molar-refractivity contribution in [3.8, 4) is 0 Å². The summed E-state index contributed by atoms with van der Waals surface area (Å²) in [6, 6.07) is 5.33. The molecule has 2 aliphatic heterocycles. The lowest BCUT2D eigenvalue weighted by Crippen LogP contribution is -2.45. The number of nitro benzene ring substituents is 1. The van der Waals surface area contributed by atoms with Gasteiger partial charge in [-0.15, -0.1) is 0 Å². The Morgan fingerprint density at radius 3 is 2.96 bits per heavy atom. The average Bonchev–Trinajstić information content (AvgIpc) is 3.14. The number of carbonyl (C=O) groups is 1. The number of nitrogens with zero attached hydrogens (tertiary/aromatic N) is 2. The molecule has 2 saturated heterocycles. The van der Waals surface area contributed by atoms with E-state index in [1.54, 1.807) is 6.07 Å². The highest BCUT2D eigenvalue weighted by atomic mass is 16.6. The standard InChI is InChI=1S/C18H26N4O3/c1-13-6-7-16(17(10-13)22(24)25)21-9-3-4-14(12-21)11-20-18(23)15-5-2-8-19-15/h6-7,10,14-15,19H,2-5,8-9,11-12H2,1H3,(H,20,23). The molecule has 2 atom stereocenters. The number of nitrogens with one attached hydrogen (secondary N) is 2. The lowest BCUT2D eigenvalue weighted by molar-refractivity contribution is -0.384. The number of aryl methyl sites for hydroxylation is 1. The Morgan fingerprint density at radius 2 is 2.24 bits per heavy atom. The largest absolute Gasteiger partial charge is 0.366 e. The second-order valence-corrected chi connectivity index (χ2v) is 7.10. The molecule has 2 fully saturated rings. The monoisotopic (exact) mass is 346 g/mol. The van der Waals surface area contributed by atoms with Crippen LogP contribution in [0.2, 0.25) is 0 Å². The van der Waals surface area contributed by atoms with Gasteiger partial charge in [0.05, 0.1) is 11.0 Å². The summed E-state index contributed by atoms with van der Waals surface area (Å²) < 4.78 is 0. The quantitative estimate of drug-likeness (QED) is 0.629. The van der Waals surface area contributed by atoms with Crippen LogP contribution in [-0.2, 0) is 4.79 Å². The summed E-state index contributed by atoms with van der Waals surface area (Å²) in [5.41, 5.74) is 1.74. The number of amides is 1. The molecule has 3 rings (SSSR count). The fourth-order valence-corrected chi connectivity index (χ4v) is 3.77. The Bertz CT molecular complexity index is 643. The van der Waals surface area contributed by atoms with Gasteiger partial charge in [0.1, 0.15) is 5.69 Å². The van der Waals surface area contributed by atoms with E-state index in [2.05, 4.69) is 15.5 Å². The Balaban J connectivity index is 1.61. The number of piperidine rings is 1. The lowest BCUT2D eigenvalue weighted by Gasteiger charge is -2.34. The van der Waals surface area contributed by atoms with Crippen LogP contribution in [0.25, 0.3) is 0 Å². The fraction of sp³-hybridized carbons (Fsp3) is 0.611. The third-order valence-electron chi connectivity index (χ3n) is 5.13. The summed E-state index contributed by atoms with van der Waals surface area (Å²) >= 11 is 0. The van der Waals surface area contributed by atoms with Crippen molar-refractivity contribution in [1.82, 2.24) is 10.6 Å². The van der Waals surface area contributed by atoms with Gasteiger partial charge in [-0.05, 0) is 56.7 Å². The number of benzene rings is 1. The van der Waals surface area contributed by atoms with Crippen molar-refractivity contribution in [1.29, 1.82) is 0 Å². The third kappa shape index (κ3) is 4.28. The molecular formula is C18H26N4O3. The van der Waals surface area contributed by atoms with Crippen molar-refractivity contribution >= 4 is 17.3 Å². The molecule has 2 heterocycles. The number of rotatable bonds is 5. The maximum Gasteiger partial charge on any atom is 0.292 e. The van der Waals surface area contributed by atoms with Gasteiger partial charge in [0.15, 0.2) is 0 Å². The first kappa shape index (κ1) is 17.7. The highest BCUT2D eigenvalue weighted by Crippen LogP contribution is 2.32. The van der Waals surface area contributed by atoms with Gasteiger partial charge in [-0.1, -0.05) is 6.07 Å². The van der Waals surface area contributed by atoms with Crippen molar-refractivity contribution in [3.05, 3.63) is 33.9 Å². The maximum absolute atomic E-state index is 12.1. The summed E-state index contributed by atoms with van der Waals surface area (Å²) in [5, 5.41) is 17.6. The van der Waals surface area contributed by atoms with Crippen LogP contribution in [-0.4, -0.2) is 43.1 Å². The summed E-state index contributed by atoms with van der Waals surface area (Å²) in [4.78, 5) is 25.3. The van der Waals surface area contributed by atoms with Gasteiger partial charge in [0.25, 0.3) is 5.69 Å². The van der Waals surface area contributed by atoms with Crippen LogP contribution in [0.3, 0.4) is 0 Å². The van der Waals surface area contributed by atoms with Gasteiger partial charge < -0.3 is 15.5 Å². The van der Waals surface area contributed by atoms with E-state index in [0.717, 1.165) is 50.9 Å². The van der Waals surface area contributed by atoms with Gasteiger partial charge in [0.2, 0.25) is 5.91 Å². The molecule has 1 amide bonds. The second kappa shape index (κ2) is 7.82. The molecular weight excluding hydrogens is 320 g/mol. The SMILES string of the molecule is Cc1ccc(N2CCCC(CNC(=O)C3CCCN3)C2)c([N+](=O)[O-])c1. The Hall–Kier alpha value is -2.15. The number of anilines is 1. The van der Waals surface area contributed by atoms with Crippen LogP contribution in [0.1, 0.15) is 31.2 Å². The van der Waals surface area contributed by atoms with Crippen LogP contribution in [0.5, 0.6) is 0 Å². The zero-order chi connectivity index (χ0) is 17.8. The first-order valence-electron chi connectivity index (χ1n) is 9.05. The van der Waals surface area contributed by atoms with E-state index in [1.165, 1.54) is 0 Å². The topological polar surface area (TPSA) is 87.5 Å². The smallest absolute Gasteiger partial charge is 0.292 e. The molecule has 0 spiro atoms. The van der Waals surface area contributed by atoms with E-state index in [1.807, 2.05) is 19.1 Å². The van der Waals surface area contributed by atoms with Gasteiger partial charge in [-0.25, -0.2) is 0 Å². The van der Waals surface area contributed by atoms with Crippen molar-refractivity contribution in [2.75, 3.05) is 31.1 Å². The molecule has 1 aromatic rings. The predicted octanol–water partition coefficient (Wildman–Crippen LogP) is 1.99. The molecule has 1 aromatic carbocycles. The Morgan fingerprint density at radius 1 is 1.40 bits per heavy atom. The van der Waals surface area contributed by atoms with E-state index in [4.69, 9.17) is 0 Å². The summed E-state index contributed by atoms with van der Waals surface area (Å²) in [6.07, 6.45) is 3.96. The number of hydrogen-bond donors (Lipinski definition) is 2. The van der Waals surface area contributed by atoms with Gasteiger partial charge in [0, 0.05) is 25.7 Å². The molecule has 2 aliphatic rings. The minimum Gasteiger partial charge on any atom is -0.366 e. The first-order chi connectivity index (χ1) is 12.0. The summed E-state index contributed by atoms with van der Waals surface area (Å²) in [7, 11) is 0. The van der Waals surface area contributed by atoms with E-state index >= 15 is 0 Å². The van der Waals surface area contributed by atoms with Crippen molar-refractivity contribution in [2.24, 2.45) is 5.92 Å². The Kier molecular flexibility index (Phi) is 5.53. The van der Waals surface area contributed by atoms with Crippen LogP contribution in [0.15, 0.2) is 18.2 Å². The summed E-state index contributed by atoms with van der Waals surface area (Å²) in [5.74, 6) is 0.399. The zero-order valence-corrected chi connectivity index (χ0v) is 14.7. The molecule has 0 bridgehead atoms. The van der Waals surface area contributed by atoms with Crippen LogP contribution in [0.4, 0.5) is 11.4 Å². The lowest BCUT2D eigenvalue weighted by atomic mass is 9.97. The maximum atomic E-state index is 12.1. The van der Waals surface area contributed by atoms with Gasteiger partial charge >= 0.3 is 0 Å². The van der Waals surface area contributed by atoms with Crippen molar-refractivity contribution in [2.45, 2.75) is 38.6 Å². The molecule has 7 nitrogen and oxygen atoms in total. The van der Waals surface area contributed by atoms with Crippen molar-refractivity contribution in [3.63, 3.8) is 0 Å². The zero-order valence-electron chi connectivity index (χ0n) is 14.7. The number of hydrogen-bond acceptors (Lipinski definition) is 5. The van der Waals surface area contributed by atoms with Gasteiger partial charge in [-0.2, -0.15) is 0 Å². The highest BCUT2D eigenvalue weighted by Gasteiger charge is 2.27. The van der Waals surface area contributed by atoms with Crippen LogP contribution >= 0.6 is 0 Å². The molecule has 0 radical (unpaired) electrons. The minimum atomic E-state index is -0.306. The second-order valence-electron chi connectivity index (χ2n) is 7.10.